The van der Waals surface area contributed by atoms with Crippen LogP contribution < -0.4 is 15.4 Å². The lowest BCUT2D eigenvalue weighted by atomic mass is 10.1. The predicted molar refractivity (Wildman–Crippen MR) is 86.6 cm³/mol. The molecule has 0 aliphatic carbocycles. The van der Waals surface area contributed by atoms with Gasteiger partial charge < -0.3 is 15.4 Å². The van der Waals surface area contributed by atoms with E-state index in [1.807, 2.05) is 24.3 Å². The van der Waals surface area contributed by atoms with Gasteiger partial charge in [0.2, 0.25) is 5.91 Å². The van der Waals surface area contributed by atoms with Gasteiger partial charge in [-0.1, -0.05) is 6.07 Å². The Kier molecular flexibility index (Phi) is 5.14. The lowest BCUT2D eigenvalue weighted by Crippen LogP contribution is -2.14. The minimum absolute atomic E-state index is 0.0304. The zero-order valence-electron chi connectivity index (χ0n) is 12.6. The normalized spacial score (nSPS) is 9.91. The molecule has 2 N–H and O–H groups in total. The van der Waals surface area contributed by atoms with Crippen LogP contribution in [-0.4, -0.2) is 25.3 Å². The number of amides is 1. The second-order valence-electron chi connectivity index (χ2n) is 4.77. The molecule has 0 heterocycles. The molecule has 2 aromatic carbocycles. The molecule has 5 heteroatoms. The molecule has 0 aliphatic rings. The number of carbonyl (C=O) groups is 2. The molecule has 0 fully saturated rings. The zero-order chi connectivity index (χ0) is 15.9. The zero-order valence-corrected chi connectivity index (χ0v) is 12.6. The van der Waals surface area contributed by atoms with E-state index in [1.54, 1.807) is 31.4 Å². The van der Waals surface area contributed by atoms with Gasteiger partial charge in [-0.15, -0.1) is 0 Å². The molecule has 5 nitrogen and oxygen atoms in total. The first-order valence-electron chi connectivity index (χ1n) is 6.87. The number of hydrogen-bond donors (Lipinski definition) is 2. The second-order valence-corrected chi connectivity index (χ2v) is 4.77. The van der Waals surface area contributed by atoms with Gasteiger partial charge in [0.15, 0.2) is 5.78 Å². The van der Waals surface area contributed by atoms with E-state index in [0.717, 1.165) is 11.4 Å². The van der Waals surface area contributed by atoms with Gasteiger partial charge in [-0.2, -0.15) is 0 Å². The number of ketones is 1. The number of hydrogen-bond acceptors (Lipinski definition) is 4. The summed E-state index contributed by atoms with van der Waals surface area (Å²) in [7, 11) is 1.60. The van der Waals surface area contributed by atoms with Crippen molar-refractivity contribution in [1.29, 1.82) is 0 Å². The van der Waals surface area contributed by atoms with Crippen LogP contribution in [0.3, 0.4) is 0 Å². The van der Waals surface area contributed by atoms with Gasteiger partial charge in [-0.25, -0.2) is 0 Å². The lowest BCUT2D eigenvalue weighted by Gasteiger charge is -2.08. The van der Waals surface area contributed by atoms with Crippen LogP contribution in [0.25, 0.3) is 0 Å². The maximum Gasteiger partial charge on any atom is 0.221 e. The number of Topliss-reactive ketones (excluding diaryl/α,β-unsaturated/α-hetero) is 1. The Morgan fingerprint density at radius 3 is 2.41 bits per heavy atom. The van der Waals surface area contributed by atoms with Crippen molar-refractivity contribution in [1.82, 2.24) is 0 Å². The topological polar surface area (TPSA) is 67.4 Å². The quantitative estimate of drug-likeness (QED) is 0.805. The van der Waals surface area contributed by atoms with E-state index in [-0.39, 0.29) is 18.2 Å². The van der Waals surface area contributed by atoms with Crippen molar-refractivity contribution in [3.8, 4) is 5.75 Å². The van der Waals surface area contributed by atoms with Crippen LogP contribution in [0.15, 0.2) is 48.5 Å². The number of methoxy groups -OCH3 is 1. The Labute approximate surface area is 129 Å². The SMILES string of the molecule is COc1cccc(NCC(=O)c2ccc(NC(C)=O)cc2)c1. The molecule has 2 aromatic rings. The van der Waals surface area contributed by atoms with Gasteiger partial charge in [0.1, 0.15) is 5.75 Å². The van der Waals surface area contributed by atoms with Crippen molar-refractivity contribution in [2.24, 2.45) is 0 Å². The summed E-state index contributed by atoms with van der Waals surface area (Å²) in [4.78, 5) is 23.1. The first kappa shape index (κ1) is 15.6. The summed E-state index contributed by atoms with van der Waals surface area (Å²) in [6.45, 7) is 1.63. The molecule has 22 heavy (non-hydrogen) atoms. The van der Waals surface area contributed by atoms with E-state index in [2.05, 4.69) is 10.6 Å². The van der Waals surface area contributed by atoms with Crippen molar-refractivity contribution < 1.29 is 14.3 Å². The Bertz CT molecular complexity index is 666. The summed E-state index contributed by atoms with van der Waals surface area (Å²) >= 11 is 0. The van der Waals surface area contributed by atoms with Crippen LogP contribution >= 0.6 is 0 Å². The van der Waals surface area contributed by atoms with Crippen molar-refractivity contribution in [3.63, 3.8) is 0 Å². The van der Waals surface area contributed by atoms with Gasteiger partial charge in [-0.3, -0.25) is 9.59 Å². The summed E-state index contributed by atoms with van der Waals surface area (Å²) in [6, 6.07) is 14.2. The van der Waals surface area contributed by atoms with Gasteiger partial charge in [-0.05, 0) is 36.4 Å². The van der Waals surface area contributed by atoms with Gasteiger partial charge >= 0.3 is 0 Å². The number of nitrogens with one attached hydrogen (secondary N) is 2. The molecular weight excluding hydrogens is 280 g/mol. The average Bonchev–Trinajstić information content (AvgIpc) is 2.53. The number of anilines is 2. The molecule has 0 unspecified atom stereocenters. The van der Waals surface area contributed by atoms with E-state index >= 15 is 0 Å². The Balaban J connectivity index is 1.95. The van der Waals surface area contributed by atoms with Crippen LogP contribution in [-0.2, 0) is 4.79 Å². The second kappa shape index (κ2) is 7.26. The van der Waals surface area contributed by atoms with Crippen LogP contribution in [0.1, 0.15) is 17.3 Å². The molecule has 2 rings (SSSR count). The molecule has 0 atom stereocenters. The molecule has 114 valence electrons. The Morgan fingerprint density at radius 1 is 1.05 bits per heavy atom. The number of ether oxygens (including phenoxy) is 1. The first-order chi connectivity index (χ1) is 10.6. The molecule has 0 aliphatic heterocycles. The summed E-state index contributed by atoms with van der Waals surface area (Å²) in [6.07, 6.45) is 0. The van der Waals surface area contributed by atoms with Crippen molar-refractivity contribution >= 4 is 23.1 Å². The van der Waals surface area contributed by atoms with Crippen molar-refractivity contribution in [2.45, 2.75) is 6.92 Å². The highest BCUT2D eigenvalue weighted by Gasteiger charge is 2.06. The van der Waals surface area contributed by atoms with Gasteiger partial charge in [0.05, 0.1) is 13.7 Å². The molecular formula is C17H18N2O3. The van der Waals surface area contributed by atoms with E-state index in [4.69, 9.17) is 4.74 Å². The maximum absolute atomic E-state index is 12.1. The third kappa shape index (κ3) is 4.34. The molecule has 1 amide bonds. The minimum Gasteiger partial charge on any atom is -0.497 e. The molecule has 0 aromatic heterocycles. The van der Waals surface area contributed by atoms with Crippen molar-refractivity contribution in [2.75, 3.05) is 24.3 Å². The maximum atomic E-state index is 12.1. The molecule has 0 radical (unpaired) electrons. The fourth-order valence-corrected chi connectivity index (χ4v) is 1.96. The fraction of sp³-hybridized carbons (Fsp3) is 0.176. The fourth-order valence-electron chi connectivity index (χ4n) is 1.96. The van der Waals surface area contributed by atoms with Gasteiger partial charge in [0, 0.05) is 29.9 Å². The van der Waals surface area contributed by atoms with Crippen LogP contribution in [0.4, 0.5) is 11.4 Å². The third-order valence-electron chi connectivity index (χ3n) is 3.05. The largest absolute Gasteiger partial charge is 0.497 e. The monoisotopic (exact) mass is 298 g/mol. The van der Waals surface area contributed by atoms with Gasteiger partial charge in [0.25, 0.3) is 0 Å². The summed E-state index contributed by atoms with van der Waals surface area (Å²) in [5.41, 5.74) is 2.08. The highest BCUT2D eigenvalue weighted by atomic mass is 16.5. The average molecular weight is 298 g/mol. The lowest BCUT2D eigenvalue weighted by molar-refractivity contribution is -0.114. The summed E-state index contributed by atoms with van der Waals surface area (Å²) < 4.78 is 5.13. The van der Waals surface area contributed by atoms with Crippen LogP contribution in [0.2, 0.25) is 0 Å². The molecule has 0 saturated carbocycles. The Hall–Kier alpha value is -2.82. The van der Waals surface area contributed by atoms with Crippen LogP contribution in [0.5, 0.6) is 5.75 Å². The van der Waals surface area contributed by atoms with Crippen LogP contribution in [0, 0.1) is 0 Å². The number of rotatable bonds is 6. The number of benzene rings is 2. The highest BCUT2D eigenvalue weighted by Crippen LogP contribution is 2.17. The number of carbonyl (C=O) groups excluding carboxylic acids is 2. The first-order valence-corrected chi connectivity index (χ1v) is 6.87. The van der Waals surface area contributed by atoms with E-state index in [9.17, 15) is 9.59 Å². The molecule has 0 saturated heterocycles. The predicted octanol–water partition coefficient (Wildman–Crippen LogP) is 2.95. The van der Waals surface area contributed by atoms with E-state index < -0.39 is 0 Å². The standard InChI is InChI=1S/C17H18N2O3/c1-12(20)19-14-8-6-13(7-9-14)17(21)11-18-15-4-3-5-16(10-15)22-2/h3-10,18H,11H2,1-2H3,(H,19,20). The molecule has 0 bridgehead atoms. The minimum atomic E-state index is -0.140. The van der Waals surface area contributed by atoms with E-state index in [0.29, 0.717) is 11.3 Å². The highest BCUT2D eigenvalue weighted by molar-refractivity contribution is 5.99. The summed E-state index contributed by atoms with van der Waals surface area (Å²) in [5.74, 6) is 0.563. The smallest absolute Gasteiger partial charge is 0.221 e. The molecule has 0 spiro atoms. The summed E-state index contributed by atoms with van der Waals surface area (Å²) in [5, 5.41) is 5.73. The van der Waals surface area contributed by atoms with E-state index in [1.165, 1.54) is 6.92 Å². The third-order valence-corrected chi connectivity index (χ3v) is 3.05. The van der Waals surface area contributed by atoms with Crippen molar-refractivity contribution in [3.05, 3.63) is 54.1 Å². The Morgan fingerprint density at radius 2 is 1.77 bits per heavy atom.